The van der Waals surface area contributed by atoms with E-state index in [0.29, 0.717) is 11.4 Å². The zero-order chi connectivity index (χ0) is 14.6. The Morgan fingerprint density at radius 2 is 1.65 bits per heavy atom. The van der Waals surface area contributed by atoms with Crippen molar-refractivity contribution < 1.29 is 10.2 Å². The van der Waals surface area contributed by atoms with E-state index in [1.807, 2.05) is 48.5 Å². The Kier molecular flexibility index (Phi) is 5.22. The molecule has 0 aliphatic heterocycles. The summed E-state index contributed by atoms with van der Waals surface area (Å²) in [4.78, 5) is 0. The quantitative estimate of drug-likeness (QED) is 0.861. The van der Waals surface area contributed by atoms with Gasteiger partial charge >= 0.3 is 0 Å². The minimum Gasteiger partial charge on any atom is -0.395 e. The van der Waals surface area contributed by atoms with E-state index in [2.05, 4.69) is 15.9 Å². The lowest BCUT2D eigenvalue weighted by Gasteiger charge is -2.31. The van der Waals surface area contributed by atoms with E-state index < -0.39 is 5.41 Å². The second-order valence-electron chi connectivity index (χ2n) is 4.88. The molecule has 2 nitrogen and oxygen atoms in total. The van der Waals surface area contributed by atoms with Crippen LogP contribution < -0.4 is 0 Å². The van der Waals surface area contributed by atoms with Gasteiger partial charge in [-0.2, -0.15) is 0 Å². The molecule has 0 fully saturated rings. The molecule has 2 N–H and O–H groups in total. The Balaban J connectivity index is 2.39. The van der Waals surface area contributed by atoms with Gasteiger partial charge in [-0.05, 0) is 29.7 Å². The van der Waals surface area contributed by atoms with Crippen molar-refractivity contribution in [3.8, 4) is 0 Å². The van der Waals surface area contributed by atoms with Crippen LogP contribution in [0.5, 0.6) is 0 Å². The average Bonchev–Trinajstić information content (AvgIpc) is 2.48. The predicted octanol–water partition coefficient (Wildman–Crippen LogP) is 3.57. The van der Waals surface area contributed by atoms with Gasteiger partial charge in [0.25, 0.3) is 0 Å². The topological polar surface area (TPSA) is 40.5 Å². The number of aliphatic hydroxyl groups is 2. The summed E-state index contributed by atoms with van der Waals surface area (Å²) in [6.07, 6.45) is 0.482. The molecule has 20 heavy (non-hydrogen) atoms. The molecular weight excluding hydrogens is 340 g/mol. The summed E-state index contributed by atoms with van der Waals surface area (Å²) in [5, 5.41) is 20.3. The Morgan fingerprint density at radius 1 is 1.00 bits per heavy atom. The highest BCUT2D eigenvalue weighted by atomic mass is 79.9. The monoisotopic (exact) mass is 354 g/mol. The van der Waals surface area contributed by atoms with Crippen molar-refractivity contribution in [2.24, 2.45) is 0 Å². The molecule has 0 spiro atoms. The molecule has 0 amide bonds. The molecule has 4 heteroatoms. The number of rotatable bonds is 5. The second kappa shape index (κ2) is 6.72. The van der Waals surface area contributed by atoms with Crippen molar-refractivity contribution in [3.05, 3.63) is 69.2 Å². The molecule has 0 radical (unpaired) electrons. The largest absolute Gasteiger partial charge is 0.395 e. The Labute approximate surface area is 132 Å². The first kappa shape index (κ1) is 15.5. The zero-order valence-electron chi connectivity index (χ0n) is 10.9. The maximum Gasteiger partial charge on any atom is 0.0553 e. The van der Waals surface area contributed by atoms with Crippen molar-refractivity contribution in [3.63, 3.8) is 0 Å². The average molecular weight is 356 g/mol. The number of aliphatic hydroxyl groups excluding tert-OH is 2. The van der Waals surface area contributed by atoms with E-state index in [4.69, 9.17) is 11.6 Å². The minimum absolute atomic E-state index is 0.139. The molecule has 0 unspecified atom stereocenters. The maximum atomic E-state index is 9.82. The van der Waals surface area contributed by atoms with Gasteiger partial charge in [0.05, 0.1) is 13.2 Å². The molecule has 106 valence electrons. The predicted molar refractivity (Wildman–Crippen MR) is 85.1 cm³/mol. The van der Waals surface area contributed by atoms with Crippen LogP contribution in [0.4, 0.5) is 0 Å². The Hall–Kier alpha value is -0.870. The van der Waals surface area contributed by atoms with Gasteiger partial charge < -0.3 is 10.2 Å². The molecule has 0 atom stereocenters. The summed E-state index contributed by atoms with van der Waals surface area (Å²) in [6.45, 7) is -0.278. The van der Waals surface area contributed by atoms with Gasteiger partial charge in [0.15, 0.2) is 0 Å². The Bertz CT molecular complexity index is 568. The van der Waals surface area contributed by atoms with Crippen LogP contribution in [0, 0.1) is 0 Å². The first-order valence-electron chi connectivity index (χ1n) is 6.32. The van der Waals surface area contributed by atoms with Crippen molar-refractivity contribution in [2.75, 3.05) is 13.2 Å². The summed E-state index contributed by atoms with van der Waals surface area (Å²) < 4.78 is 0.907. The first-order valence-corrected chi connectivity index (χ1v) is 7.49. The lowest BCUT2D eigenvalue weighted by atomic mass is 9.77. The maximum absolute atomic E-state index is 9.82. The van der Waals surface area contributed by atoms with Gasteiger partial charge in [-0.15, -0.1) is 0 Å². The number of hydrogen-bond donors (Lipinski definition) is 2. The SMILES string of the molecule is OCC(CO)(Cc1ccc(Br)cc1Cl)c1ccccc1. The van der Waals surface area contributed by atoms with Crippen LogP contribution in [0.1, 0.15) is 11.1 Å². The van der Waals surface area contributed by atoms with Gasteiger partial charge in [-0.1, -0.05) is 63.9 Å². The number of benzene rings is 2. The van der Waals surface area contributed by atoms with Crippen LogP contribution in [0.25, 0.3) is 0 Å². The van der Waals surface area contributed by atoms with Crippen LogP contribution >= 0.6 is 27.5 Å². The van der Waals surface area contributed by atoms with E-state index in [9.17, 15) is 10.2 Å². The molecular formula is C16H16BrClO2. The van der Waals surface area contributed by atoms with E-state index in [1.54, 1.807) is 0 Å². The normalized spacial score (nSPS) is 11.6. The molecule has 2 aromatic rings. The second-order valence-corrected chi connectivity index (χ2v) is 6.20. The summed E-state index contributed by atoms with van der Waals surface area (Å²) in [6, 6.07) is 15.2. The molecule has 0 heterocycles. The van der Waals surface area contributed by atoms with Crippen LogP contribution in [0.3, 0.4) is 0 Å². The smallest absolute Gasteiger partial charge is 0.0553 e. The summed E-state index contributed by atoms with van der Waals surface area (Å²) in [5.74, 6) is 0. The van der Waals surface area contributed by atoms with E-state index in [-0.39, 0.29) is 13.2 Å². The van der Waals surface area contributed by atoms with Crippen molar-refractivity contribution in [1.29, 1.82) is 0 Å². The highest BCUT2D eigenvalue weighted by Gasteiger charge is 2.31. The van der Waals surface area contributed by atoms with Crippen molar-refractivity contribution in [1.82, 2.24) is 0 Å². The van der Waals surface area contributed by atoms with Gasteiger partial charge in [-0.3, -0.25) is 0 Å². The highest BCUT2D eigenvalue weighted by molar-refractivity contribution is 9.10. The van der Waals surface area contributed by atoms with E-state index >= 15 is 0 Å². The highest BCUT2D eigenvalue weighted by Crippen LogP contribution is 2.31. The van der Waals surface area contributed by atoms with Gasteiger partial charge in [0, 0.05) is 14.9 Å². The minimum atomic E-state index is -0.723. The zero-order valence-corrected chi connectivity index (χ0v) is 13.2. The van der Waals surface area contributed by atoms with Crippen LogP contribution in [-0.4, -0.2) is 23.4 Å². The summed E-state index contributed by atoms with van der Waals surface area (Å²) in [7, 11) is 0. The summed E-state index contributed by atoms with van der Waals surface area (Å²) in [5.41, 5.74) is 1.09. The van der Waals surface area contributed by atoms with Gasteiger partial charge in [0.1, 0.15) is 0 Å². The fourth-order valence-electron chi connectivity index (χ4n) is 2.27. The lowest BCUT2D eigenvalue weighted by Crippen LogP contribution is -2.37. The third-order valence-corrected chi connectivity index (χ3v) is 4.38. The molecule has 0 aliphatic rings. The first-order chi connectivity index (χ1) is 9.61. The molecule has 0 saturated carbocycles. The fourth-order valence-corrected chi connectivity index (χ4v) is 3.01. The van der Waals surface area contributed by atoms with Crippen molar-refractivity contribution >= 4 is 27.5 Å². The molecule has 2 aromatic carbocycles. The standard InChI is InChI=1S/C16H16BrClO2/c17-14-7-6-12(15(18)8-14)9-16(10-19,11-20)13-4-2-1-3-5-13/h1-8,19-20H,9-11H2. The molecule has 0 aliphatic carbocycles. The molecule has 0 saturated heterocycles. The van der Waals surface area contributed by atoms with E-state index in [1.165, 1.54) is 0 Å². The lowest BCUT2D eigenvalue weighted by molar-refractivity contribution is 0.116. The Morgan fingerprint density at radius 3 is 2.20 bits per heavy atom. The van der Waals surface area contributed by atoms with Crippen molar-refractivity contribution in [2.45, 2.75) is 11.8 Å². The van der Waals surface area contributed by atoms with Crippen LogP contribution in [-0.2, 0) is 11.8 Å². The van der Waals surface area contributed by atoms with Crippen LogP contribution in [0.15, 0.2) is 53.0 Å². The van der Waals surface area contributed by atoms with Crippen LogP contribution in [0.2, 0.25) is 5.02 Å². The molecule has 0 bridgehead atoms. The number of halogens is 2. The molecule has 2 rings (SSSR count). The van der Waals surface area contributed by atoms with Gasteiger partial charge in [0.2, 0.25) is 0 Å². The third kappa shape index (κ3) is 3.23. The molecule has 0 aromatic heterocycles. The fraction of sp³-hybridized carbons (Fsp3) is 0.250. The summed E-state index contributed by atoms with van der Waals surface area (Å²) >= 11 is 9.62. The number of hydrogen-bond acceptors (Lipinski definition) is 2. The van der Waals surface area contributed by atoms with Gasteiger partial charge in [-0.25, -0.2) is 0 Å². The third-order valence-electron chi connectivity index (χ3n) is 3.54. The van der Waals surface area contributed by atoms with E-state index in [0.717, 1.165) is 15.6 Å².